The first-order chi connectivity index (χ1) is 7.81. The molecule has 17 heavy (non-hydrogen) atoms. The number of carbonyl (C=O) groups is 1. The molecule has 0 aromatic rings. The first-order valence-electron chi connectivity index (χ1n) is 5.71. The Bertz CT molecular complexity index is 243. The van der Waals surface area contributed by atoms with Crippen molar-refractivity contribution in [2.24, 2.45) is 0 Å². The van der Waals surface area contributed by atoms with Gasteiger partial charge in [-0.2, -0.15) is 0 Å². The van der Waals surface area contributed by atoms with Crippen LogP contribution in [0.2, 0.25) is 0 Å². The van der Waals surface area contributed by atoms with E-state index in [1.165, 1.54) is 7.11 Å². The second-order valence-electron chi connectivity index (χ2n) is 4.84. The first-order valence-corrected chi connectivity index (χ1v) is 5.71. The van der Waals surface area contributed by atoms with E-state index in [2.05, 4.69) is 5.32 Å². The average molecular weight is 247 g/mol. The minimum atomic E-state index is -0.800. The fourth-order valence-electron chi connectivity index (χ4n) is 1.15. The van der Waals surface area contributed by atoms with Crippen LogP contribution in [0.4, 0.5) is 0 Å². The molecule has 5 nitrogen and oxygen atoms in total. The number of ether oxygens (including phenoxy) is 3. The third kappa shape index (κ3) is 5.48. The van der Waals surface area contributed by atoms with Gasteiger partial charge in [0.25, 0.3) is 0 Å². The van der Waals surface area contributed by atoms with Crippen molar-refractivity contribution in [1.29, 1.82) is 0 Å². The quantitative estimate of drug-likeness (QED) is 0.511. The van der Waals surface area contributed by atoms with Crippen molar-refractivity contribution in [3.8, 4) is 0 Å². The number of hydrogen-bond donors (Lipinski definition) is 1. The van der Waals surface area contributed by atoms with Gasteiger partial charge in [-0.1, -0.05) is 0 Å². The number of carbonyl (C=O) groups excluding carboxylic acids is 1. The Balaban J connectivity index is 4.05. The summed E-state index contributed by atoms with van der Waals surface area (Å²) < 4.78 is 15.5. The minimum absolute atomic E-state index is 0.207. The highest BCUT2D eigenvalue weighted by atomic mass is 16.5. The van der Waals surface area contributed by atoms with Gasteiger partial charge < -0.3 is 19.5 Å². The molecule has 0 radical (unpaired) electrons. The van der Waals surface area contributed by atoms with E-state index in [1.807, 2.05) is 13.8 Å². The summed E-state index contributed by atoms with van der Waals surface area (Å²) in [5.41, 5.74) is -1.01. The molecule has 0 saturated carbocycles. The highest BCUT2D eigenvalue weighted by Crippen LogP contribution is 2.13. The van der Waals surface area contributed by atoms with Crippen LogP contribution in [-0.4, -0.2) is 51.6 Å². The summed E-state index contributed by atoms with van der Waals surface area (Å²) in [6, 6.07) is 0. The smallest absolute Gasteiger partial charge is 0.328 e. The van der Waals surface area contributed by atoms with E-state index in [0.717, 1.165) is 6.42 Å². The molecule has 0 rings (SSSR count). The van der Waals surface area contributed by atoms with Crippen LogP contribution in [0, 0.1) is 0 Å². The molecule has 5 heteroatoms. The Morgan fingerprint density at radius 2 is 1.82 bits per heavy atom. The normalized spacial score (nSPS) is 15.4. The molecule has 0 heterocycles. The lowest BCUT2D eigenvalue weighted by Crippen LogP contribution is -2.52. The van der Waals surface area contributed by atoms with Crippen LogP contribution in [0.5, 0.6) is 0 Å². The van der Waals surface area contributed by atoms with Gasteiger partial charge in [-0.25, -0.2) is 4.79 Å². The van der Waals surface area contributed by atoms with E-state index in [0.29, 0.717) is 6.61 Å². The molecule has 0 aliphatic carbocycles. The third-order valence-corrected chi connectivity index (χ3v) is 2.98. The molecule has 1 unspecified atom stereocenters. The van der Waals surface area contributed by atoms with Crippen LogP contribution >= 0.6 is 0 Å². The lowest BCUT2D eigenvalue weighted by Gasteiger charge is -2.27. The van der Waals surface area contributed by atoms with E-state index < -0.39 is 5.54 Å². The summed E-state index contributed by atoms with van der Waals surface area (Å²) in [7, 11) is 4.75. The lowest BCUT2D eigenvalue weighted by atomic mass is 10.0. The van der Waals surface area contributed by atoms with Crippen molar-refractivity contribution in [3.63, 3.8) is 0 Å². The van der Waals surface area contributed by atoms with Gasteiger partial charge in [-0.05, 0) is 34.2 Å². The van der Waals surface area contributed by atoms with Crippen LogP contribution in [-0.2, 0) is 19.0 Å². The predicted molar refractivity (Wildman–Crippen MR) is 66.0 cm³/mol. The molecule has 0 amide bonds. The fourth-order valence-corrected chi connectivity index (χ4v) is 1.15. The molecular formula is C12H25NO4. The largest absolute Gasteiger partial charge is 0.468 e. The summed E-state index contributed by atoms with van der Waals surface area (Å²) >= 11 is 0. The van der Waals surface area contributed by atoms with Gasteiger partial charge in [0.2, 0.25) is 0 Å². The molecule has 0 aromatic heterocycles. The van der Waals surface area contributed by atoms with Crippen molar-refractivity contribution < 1.29 is 19.0 Å². The van der Waals surface area contributed by atoms with Crippen LogP contribution in [0.25, 0.3) is 0 Å². The van der Waals surface area contributed by atoms with Crippen molar-refractivity contribution in [2.75, 3.05) is 34.5 Å². The highest BCUT2D eigenvalue weighted by molar-refractivity contribution is 5.80. The van der Waals surface area contributed by atoms with Gasteiger partial charge in [0.1, 0.15) is 5.54 Å². The Kier molecular flexibility index (Phi) is 6.67. The van der Waals surface area contributed by atoms with Gasteiger partial charge >= 0.3 is 5.97 Å². The fraction of sp³-hybridized carbons (Fsp3) is 0.917. The molecule has 0 aromatic carbocycles. The number of likely N-dealkylation sites (N-methyl/N-ethyl adjacent to an activating group) is 1. The van der Waals surface area contributed by atoms with Crippen molar-refractivity contribution >= 4 is 5.97 Å². The monoisotopic (exact) mass is 247 g/mol. The lowest BCUT2D eigenvalue weighted by molar-refractivity contribution is -0.150. The summed E-state index contributed by atoms with van der Waals surface area (Å²) in [5, 5.41) is 2.91. The number of methoxy groups -OCH3 is 2. The Labute approximate surface area is 104 Å². The van der Waals surface area contributed by atoms with Crippen molar-refractivity contribution in [2.45, 2.75) is 38.3 Å². The molecule has 0 aliphatic heterocycles. The molecule has 0 aliphatic rings. The zero-order valence-electron chi connectivity index (χ0n) is 11.8. The standard InChI is InChI=1S/C12H25NO4/c1-11(2,16-6)7-8-17-9-12(3,13-4)10(14)15-5/h13H,7-9H2,1-6H3. The van der Waals surface area contributed by atoms with Crippen molar-refractivity contribution in [3.05, 3.63) is 0 Å². The minimum Gasteiger partial charge on any atom is -0.468 e. The Morgan fingerprint density at radius 3 is 2.24 bits per heavy atom. The van der Waals surface area contributed by atoms with Gasteiger partial charge in [-0.3, -0.25) is 0 Å². The number of nitrogens with one attached hydrogen (secondary N) is 1. The maximum absolute atomic E-state index is 11.5. The molecular weight excluding hydrogens is 222 g/mol. The number of hydrogen-bond acceptors (Lipinski definition) is 5. The topological polar surface area (TPSA) is 56.8 Å². The second-order valence-corrected chi connectivity index (χ2v) is 4.84. The van der Waals surface area contributed by atoms with Gasteiger partial charge in [0, 0.05) is 13.7 Å². The van der Waals surface area contributed by atoms with Gasteiger partial charge in [0.15, 0.2) is 0 Å². The van der Waals surface area contributed by atoms with E-state index >= 15 is 0 Å². The maximum atomic E-state index is 11.5. The van der Waals surface area contributed by atoms with Gasteiger partial charge in [0.05, 0.1) is 19.3 Å². The van der Waals surface area contributed by atoms with E-state index in [9.17, 15) is 4.79 Å². The van der Waals surface area contributed by atoms with E-state index in [1.54, 1.807) is 21.1 Å². The van der Waals surface area contributed by atoms with Crippen LogP contribution in [0.15, 0.2) is 0 Å². The third-order valence-electron chi connectivity index (χ3n) is 2.98. The van der Waals surface area contributed by atoms with Crippen LogP contribution < -0.4 is 5.32 Å². The number of esters is 1. The molecule has 0 fully saturated rings. The van der Waals surface area contributed by atoms with E-state index in [4.69, 9.17) is 14.2 Å². The maximum Gasteiger partial charge on any atom is 0.328 e. The second kappa shape index (κ2) is 6.93. The molecule has 1 N–H and O–H groups in total. The van der Waals surface area contributed by atoms with Crippen molar-refractivity contribution in [1.82, 2.24) is 5.32 Å². The molecule has 0 saturated heterocycles. The summed E-state index contributed by atoms with van der Waals surface area (Å²) in [4.78, 5) is 11.5. The van der Waals surface area contributed by atoms with Crippen LogP contribution in [0.1, 0.15) is 27.2 Å². The number of rotatable bonds is 8. The summed E-state index contributed by atoms with van der Waals surface area (Å²) in [5.74, 6) is -0.328. The van der Waals surface area contributed by atoms with E-state index in [-0.39, 0.29) is 18.2 Å². The summed E-state index contributed by atoms with van der Waals surface area (Å²) in [6.45, 7) is 6.55. The molecule has 0 bridgehead atoms. The SMILES string of the molecule is CNC(C)(COCCC(C)(C)OC)C(=O)OC. The zero-order chi connectivity index (χ0) is 13.5. The van der Waals surface area contributed by atoms with Crippen LogP contribution in [0.3, 0.4) is 0 Å². The Hall–Kier alpha value is -0.650. The zero-order valence-corrected chi connectivity index (χ0v) is 11.8. The Morgan fingerprint density at radius 1 is 1.24 bits per heavy atom. The van der Waals surface area contributed by atoms with Gasteiger partial charge in [-0.15, -0.1) is 0 Å². The average Bonchev–Trinajstić information content (AvgIpc) is 2.33. The highest BCUT2D eigenvalue weighted by Gasteiger charge is 2.33. The first kappa shape index (κ1) is 16.4. The molecule has 102 valence electrons. The summed E-state index contributed by atoms with van der Waals surface area (Å²) in [6.07, 6.45) is 0.768. The molecule has 0 spiro atoms. The predicted octanol–water partition coefficient (Wildman–Crippen LogP) is 0.969. The molecule has 1 atom stereocenters.